The minimum absolute atomic E-state index is 0.0303. The second-order valence-electron chi connectivity index (χ2n) is 10.8. The van der Waals surface area contributed by atoms with Gasteiger partial charge in [-0.1, -0.05) is 35.7 Å². The molecule has 0 aromatic heterocycles. The molecule has 1 aliphatic heterocycles. The normalized spacial score (nSPS) is 16.7. The summed E-state index contributed by atoms with van der Waals surface area (Å²) in [4.78, 5) is 17.3. The number of amides is 1. The molecule has 0 atom stereocenters. The summed E-state index contributed by atoms with van der Waals surface area (Å²) in [6.07, 6.45) is 5.96. The van der Waals surface area contributed by atoms with Crippen molar-refractivity contribution in [1.82, 2.24) is 9.62 Å². The molecule has 2 aliphatic rings. The van der Waals surface area contributed by atoms with Crippen LogP contribution in [-0.2, 0) is 10.0 Å². The van der Waals surface area contributed by atoms with Crippen LogP contribution >= 0.6 is 11.6 Å². The van der Waals surface area contributed by atoms with Gasteiger partial charge in [-0.15, -0.1) is 0 Å². The van der Waals surface area contributed by atoms with Gasteiger partial charge in [0.1, 0.15) is 0 Å². The van der Waals surface area contributed by atoms with Crippen molar-refractivity contribution in [3.8, 4) is 0 Å². The van der Waals surface area contributed by atoms with Crippen molar-refractivity contribution in [3.05, 3.63) is 88.5 Å². The average molecular weight is 610 g/mol. The van der Waals surface area contributed by atoms with E-state index in [1.54, 1.807) is 12.1 Å². The topological polar surface area (TPSA) is 128 Å². The Balaban J connectivity index is 1.19. The van der Waals surface area contributed by atoms with Crippen LogP contribution in [0, 0.1) is 0 Å². The van der Waals surface area contributed by atoms with Crippen molar-refractivity contribution in [2.45, 2.75) is 37.0 Å². The highest BCUT2D eigenvalue weighted by molar-refractivity contribution is 7.90. The number of anilines is 3. The number of hydrogen-bond acceptors (Lipinski definition) is 8. The van der Waals surface area contributed by atoms with E-state index in [1.807, 2.05) is 29.7 Å². The number of halogens is 1. The number of carbonyl (C=O) groups is 1. The molecule has 11 heteroatoms. The molecule has 3 aromatic carbocycles. The number of sulfonamides is 1. The van der Waals surface area contributed by atoms with Crippen molar-refractivity contribution in [2.75, 3.05) is 48.8 Å². The highest BCUT2D eigenvalue weighted by atomic mass is 35.5. The molecular formula is C31H36ClN5O4S. The SMILES string of the molecule is Nc1ccc(S(=O)(=O)NC(=O)c2ccc(N3CCN(CC4=C(c5ccc(Cl)cc5)CCCCC4)CC3)cc2)cc1NO. The van der Waals surface area contributed by atoms with Crippen LogP contribution in [0.2, 0.25) is 5.02 Å². The molecule has 0 radical (unpaired) electrons. The Hall–Kier alpha value is -3.57. The minimum atomic E-state index is -4.16. The fourth-order valence-corrected chi connectivity index (χ4v) is 6.74. The van der Waals surface area contributed by atoms with Gasteiger partial charge in [0.25, 0.3) is 15.9 Å². The van der Waals surface area contributed by atoms with Gasteiger partial charge < -0.3 is 10.6 Å². The van der Waals surface area contributed by atoms with E-state index < -0.39 is 15.9 Å². The number of nitrogen functional groups attached to an aromatic ring is 1. The summed E-state index contributed by atoms with van der Waals surface area (Å²) in [5.74, 6) is -0.741. The first-order chi connectivity index (χ1) is 20.2. The molecule has 42 heavy (non-hydrogen) atoms. The lowest BCUT2D eigenvalue weighted by atomic mass is 9.95. The third-order valence-electron chi connectivity index (χ3n) is 7.99. The van der Waals surface area contributed by atoms with Crippen molar-refractivity contribution in [3.63, 3.8) is 0 Å². The van der Waals surface area contributed by atoms with Crippen LogP contribution in [-0.4, -0.2) is 57.2 Å². The number of nitrogens with zero attached hydrogens (tertiary/aromatic N) is 2. The molecule has 0 saturated carbocycles. The van der Waals surface area contributed by atoms with Gasteiger partial charge in [0.2, 0.25) is 0 Å². The van der Waals surface area contributed by atoms with Crippen LogP contribution < -0.4 is 20.8 Å². The Morgan fingerprint density at radius 3 is 2.29 bits per heavy atom. The molecule has 1 saturated heterocycles. The molecule has 0 bridgehead atoms. The number of benzene rings is 3. The fraction of sp³-hybridized carbons (Fsp3) is 0.323. The molecule has 3 aromatic rings. The average Bonchev–Trinajstić information content (AvgIpc) is 3.23. The Morgan fingerprint density at radius 2 is 1.60 bits per heavy atom. The third kappa shape index (κ3) is 7.07. The quantitative estimate of drug-likeness (QED) is 0.198. The molecule has 0 spiro atoms. The molecule has 9 nitrogen and oxygen atoms in total. The predicted octanol–water partition coefficient (Wildman–Crippen LogP) is 5.38. The van der Waals surface area contributed by atoms with Gasteiger partial charge in [0.05, 0.1) is 16.3 Å². The molecule has 1 heterocycles. The number of hydrogen-bond donors (Lipinski definition) is 4. The van der Waals surface area contributed by atoms with E-state index in [1.165, 1.54) is 48.1 Å². The van der Waals surface area contributed by atoms with E-state index in [9.17, 15) is 13.2 Å². The molecule has 5 rings (SSSR count). The number of allylic oxidation sites excluding steroid dienone is 1. The van der Waals surface area contributed by atoms with E-state index in [2.05, 4.69) is 26.7 Å². The Bertz CT molecular complexity index is 1550. The van der Waals surface area contributed by atoms with Crippen molar-refractivity contribution >= 4 is 50.2 Å². The largest absolute Gasteiger partial charge is 0.397 e. The van der Waals surface area contributed by atoms with Crippen LogP contribution in [0.4, 0.5) is 17.1 Å². The number of nitrogens with two attached hydrogens (primary N) is 1. The van der Waals surface area contributed by atoms with Crippen molar-refractivity contribution < 1.29 is 18.4 Å². The first-order valence-electron chi connectivity index (χ1n) is 14.1. The van der Waals surface area contributed by atoms with Crippen LogP contribution in [0.3, 0.4) is 0 Å². The maximum Gasteiger partial charge on any atom is 0.264 e. The van der Waals surface area contributed by atoms with E-state index in [-0.39, 0.29) is 21.8 Å². The minimum Gasteiger partial charge on any atom is -0.397 e. The lowest BCUT2D eigenvalue weighted by molar-refractivity contribution is 0.0981. The summed E-state index contributed by atoms with van der Waals surface area (Å²) >= 11 is 6.14. The lowest BCUT2D eigenvalue weighted by Gasteiger charge is -2.37. The van der Waals surface area contributed by atoms with Gasteiger partial charge in [-0.2, -0.15) is 0 Å². The number of carbonyl (C=O) groups excluding carboxylic acids is 1. The zero-order valence-corrected chi connectivity index (χ0v) is 24.9. The standard InChI is InChI=1S/C31H36ClN5O4S/c32-25-10-6-22(7-11-25)28-5-3-1-2-4-24(28)21-36-16-18-37(19-17-36)26-12-8-23(9-13-26)31(38)35-42(40,41)27-14-15-29(33)30(20-27)34-39/h6-15,20,34,39H,1-5,16-19,21,33H2,(H,35,38). The van der Waals surface area contributed by atoms with Gasteiger partial charge in [-0.25, -0.2) is 13.1 Å². The fourth-order valence-electron chi connectivity index (χ4n) is 5.62. The van der Waals surface area contributed by atoms with Crippen molar-refractivity contribution in [2.24, 2.45) is 0 Å². The van der Waals surface area contributed by atoms with Crippen LogP contribution in [0.25, 0.3) is 5.57 Å². The monoisotopic (exact) mass is 609 g/mol. The third-order valence-corrected chi connectivity index (χ3v) is 9.57. The van der Waals surface area contributed by atoms with Gasteiger partial charge in [-0.05, 0) is 91.4 Å². The number of rotatable bonds is 8. The van der Waals surface area contributed by atoms with E-state index >= 15 is 0 Å². The first-order valence-corrected chi connectivity index (χ1v) is 16.0. The summed E-state index contributed by atoms with van der Waals surface area (Å²) < 4.78 is 27.5. The summed E-state index contributed by atoms with van der Waals surface area (Å²) in [7, 11) is -4.16. The zero-order chi connectivity index (χ0) is 29.7. The van der Waals surface area contributed by atoms with Crippen LogP contribution in [0.5, 0.6) is 0 Å². The predicted molar refractivity (Wildman–Crippen MR) is 167 cm³/mol. The van der Waals surface area contributed by atoms with Gasteiger partial charge in [0, 0.05) is 49.0 Å². The van der Waals surface area contributed by atoms with E-state index in [4.69, 9.17) is 22.5 Å². The zero-order valence-electron chi connectivity index (χ0n) is 23.4. The smallest absolute Gasteiger partial charge is 0.264 e. The number of piperazine rings is 1. The molecule has 1 amide bonds. The Kier molecular flexibility index (Phi) is 9.37. The molecule has 1 fully saturated rings. The molecule has 1 aliphatic carbocycles. The van der Waals surface area contributed by atoms with E-state index in [0.29, 0.717) is 0 Å². The second-order valence-corrected chi connectivity index (χ2v) is 12.9. The summed E-state index contributed by atoms with van der Waals surface area (Å²) in [5.41, 5.74) is 13.2. The highest BCUT2D eigenvalue weighted by Gasteiger charge is 2.23. The summed E-state index contributed by atoms with van der Waals surface area (Å²) in [6.45, 7) is 4.57. The Labute approximate surface area is 252 Å². The van der Waals surface area contributed by atoms with Gasteiger partial charge in [-0.3, -0.25) is 20.4 Å². The second kappa shape index (κ2) is 13.2. The van der Waals surface area contributed by atoms with Gasteiger partial charge >= 0.3 is 0 Å². The summed E-state index contributed by atoms with van der Waals surface area (Å²) in [5, 5.41) is 9.90. The first kappa shape index (κ1) is 29.9. The van der Waals surface area contributed by atoms with Crippen LogP contribution in [0.15, 0.2) is 77.2 Å². The van der Waals surface area contributed by atoms with Crippen LogP contribution in [0.1, 0.15) is 48.0 Å². The highest BCUT2D eigenvalue weighted by Crippen LogP contribution is 2.33. The molecule has 222 valence electrons. The van der Waals surface area contributed by atoms with Crippen molar-refractivity contribution in [1.29, 1.82) is 0 Å². The molecular weight excluding hydrogens is 574 g/mol. The molecule has 5 N–H and O–H groups in total. The Morgan fingerprint density at radius 1 is 0.905 bits per heavy atom. The lowest BCUT2D eigenvalue weighted by Crippen LogP contribution is -2.47. The summed E-state index contributed by atoms with van der Waals surface area (Å²) in [6, 6.07) is 18.9. The van der Waals surface area contributed by atoms with E-state index in [0.717, 1.165) is 62.3 Å². The maximum absolute atomic E-state index is 12.7. The maximum atomic E-state index is 12.7. The van der Waals surface area contributed by atoms with Gasteiger partial charge in [0.15, 0.2) is 0 Å². The number of nitrogens with one attached hydrogen (secondary N) is 2. The molecule has 0 unspecified atom stereocenters.